The van der Waals surface area contributed by atoms with Gasteiger partial charge in [0, 0.05) is 32.4 Å². The summed E-state index contributed by atoms with van der Waals surface area (Å²) in [7, 11) is 0. The first-order chi connectivity index (χ1) is 9.29. The zero-order valence-electron chi connectivity index (χ0n) is 11.1. The molecule has 2 atom stereocenters. The van der Waals surface area contributed by atoms with Gasteiger partial charge in [0.2, 0.25) is 5.91 Å². The van der Waals surface area contributed by atoms with Crippen molar-refractivity contribution in [3.8, 4) is 0 Å². The van der Waals surface area contributed by atoms with Crippen molar-refractivity contribution in [2.75, 3.05) is 31.1 Å². The number of hydrogen-bond acceptors (Lipinski definition) is 3. The topological polar surface area (TPSA) is 36.4 Å². The quantitative estimate of drug-likeness (QED) is 0.806. The molecule has 4 rings (SSSR count). The number of pyridine rings is 1. The van der Waals surface area contributed by atoms with Gasteiger partial charge in [-0.15, -0.1) is 0 Å². The highest BCUT2D eigenvalue weighted by atomic mass is 16.2. The molecule has 0 spiro atoms. The third kappa shape index (κ3) is 1.66. The normalized spacial score (nSPS) is 32.5. The van der Waals surface area contributed by atoms with Gasteiger partial charge in [0.05, 0.1) is 5.41 Å². The fourth-order valence-corrected chi connectivity index (χ4v) is 3.65. The molecule has 2 saturated carbocycles. The Labute approximate surface area is 113 Å². The summed E-state index contributed by atoms with van der Waals surface area (Å²) in [5.74, 6) is 2.19. The minimum atomic E-state index is 0.104. The predicted molar refractivity (Wildman–Crippen MR) is 72.8 cm³/mol. The second kappa shape index (κ2) is 3.95. The number of carbonyl (C=O) groups excluding carboxylic acids is 1. The van der Waals surface area contributed by atoms with Crippen LogP contribution in [0.5, 0.6) is 0 Å². The van der Waals surface area contributed by atoms with Crippen molar-refractivity contribution in [1.29, 1.82) is 0 Å². The molecule has 3 fully saturated rings. The van der Waals surface area contributed by atoms with Crippen molar-refractivity contribution < 1.29 is 4.79 Å². The smallest absolute Gasteiger partial charge is 0.229 e. The van der Waals surface area contributed by atoms with Crippen molar-refractivity contribution in [2.24, 2.45) is 11.3 Å². The number of aromatic nitrogens is 1. The minimum absolute atomic E-state index is 0.104. The monoisotopic (exact) mass is 257 g/mol. The van der Waals surface area contributed by atoms with Crippen molar-refractivity contribution in [3.63, 3.8) is 0 Å². The van der Waals surface area contributed by atoms with Gasteiger partial charge in [-0.2, -0.15) is 0 Å². The summed E-state index contributed by atoms with van der Waals surface area (Å²) in [6.07, 6.45) is 5.40. The Bertz CT molecular complexity index is 491. The fourth-order valence-electron chi connectivity index (χ4n) is 3.65. The zero-order valence-corrected chi connectivity index (χ0v) is 11.1. The van der Waals surface area contributed by atoms with Gasteiger partial charge >= 0.3 is 0 Å². The molecule has 3 aliphatic rings. The summed E-state index contributed by atoms with van der Waals surface area (Å²) < 4.78 is 0. The summed E-state index contributed by atoms with van der Waals surface area (Å²) in [6.45, 7) is 3.51. The van der Waals surface area contributed by atoms with E-state index in [9.17, 15) is 4.79 Å². The maximum absolute atomic E-state index is 12.5. The summed E-state index contributed by atoms with van der Waals surface area (Å²) in [5, 5.41) is 0. The van der Waals surface area contributed by atoms with Crippen molar-refractivity contribution in [3.05, 3.63) is 24.4 Å². The Hall–Kier alpha value is -1.58. The second-order valence-corrected chi connectivity index (χ2v) is 6.06. The van der Waals surface area contributed by atoms with Gasteiger partial charge < -0.3 is 9.80 Å². The van der Waals surface area contributed by atoms with E-state index in [1.54, 1.807) is 0 Å². The Morgan fingerprint density at radius 3 is 2.63 bits per heavy atom. The second-order valence-electron chi connectivity index (χ2n) is 6.06. The molecule has 1 aromatic heterocycles. The lowest BCUT2D eigenvalue weighted by Crippen LogP contribution is -2.52. The van der Waals surface area contributed by atoms with Crippen LogP contribution in [-0.4, -0.2) is 42.0 Å². The van der Waals surface area contributed by atoms with Crippen LogP contribution >= 0.6 is 0 Å². The number of hydrogen-bond donors (Lipinski definition) is 0. The maximum atomic E-state index is 12.5. The van der Waals surface area contributed by atoms with Gasteiger partial charge in [-0.05, 0) is 37.3 Å². The van der Waals surface area contributed by atoms with Gasteiger partial charge in [0.25, 0.3) is 0 Å². The van der Waals surface area contributed by atoms with Crippen LogP contribution in [0.3, 0.4) is 0 Å². The molecule has 1 amide bonds. The van der Waals surface area contributed by atoms with Gasteiger partial charge in [-0.25, -0.2) is 4.98 Å². The van der Waals surface area contributed by atoms with Crippen LogP contribution in [0.1, 0.15) is 19.3 Å². The van der Waals surface area contributed by atoms with E-state index in [1.165, 1.54) is 6.42 Å². The lowest BCUT2D eigenvalue weighted by molar-refractivity contribution is -0.140. The lowest BCUT2D eigenvalue weighted by atomic mass is 9.83. The Morgan fingerprint density at radius 2 is 2.11 bits per heavy atom. The molecule has 1 saturated heterocycles. The highest BCUT2D eigenvalue weighted by Gasteiger charge is 2.66. The van der Waals surface area contributed by atoms with E-state index in [1.807, 2.05) is 24.4 Å². The van der Waals surface area contributed by atoms with E-state index in [2.05, 4.69) is 14.8 Å². The minimum Gasteiger partial charge on any atom is -0.353 e. The van der Waals surface area contributed by atoms with Gasteiger partial charge in [0.15, 0.2) is 0 Å². The molecular weight excluding hydrogens is 238 g/mol. The standard InChI is InChI=1S/C15H19N3O/c19-14(15-5-4-12(15)11-15)18-9-7-17(8-10-18)13-3-1-2-6-16-13/h1-3,6,12H,4-5,7-11H2. The first-order valence-electron chi connectivity index (χ1n) is 7.25. The first kappa shape index (κ1) is 11.3. The van der Waals surface area contributed by atoms with Crippen molar-refractivity contribution in [1.82, 2.24) is 9.88 Å². The summed E-state index contributed by atoms with van der Waals surface area (Å²) in [5.41, 5.74) is 0.104. The number of fused-ring (bicyclic) bond motifs is 1. The molecule has 0 N–H and O–H groups in total. The zero-order chi connectivity index (χ0) is 12.9. The Morgan fingerprint density at radius 1 is 1.26 bits per heavy atom. The number of anilines is 1. The molecule has 4 heteroatoms. The van der Waals surface area contributed by atoms with Gasteiger partial charge in [-0.3, -0.25) is 4.79 Å². The van der Waals surface area contributed by atoms with Gasteiger partial charge in [0.1, 0.15) is 5.82 Å². The largest absolute Gasteiger partial charge is 0.353 e. The number of rotatable bonds is 2. The third-order valence-corrected chi connectivity index (χ3v) is 5.14. The molecule has 19 heavy (non-hydrogen) atoms. The summed E-state index contributed by atoms with van der Waals surface area (Å²) in [4.78, 5) is 21.2. The van der Waals surface area contributed by atoms with Crippen LogP contribution < -0.4 is 4.90 Å². The number of piperazine rings is 1. The van der Waals surface area contributed by atoms with E-state index in [0.29, 0.717) is 5.91 Å². The molecule has 1 aliphatic heterocycles. The molecule has 1 aromatic rings. The van der Waals surface area contributed by atoms with E-state index in [-0.39, 0.29) is 5.41 Å². The van der Waals surface area contributed by atoms with Crippen molar-refractivity contribution >= 4 is 11.7 Å². The van der Waals surface area contributed by atoms with Crippen LogP contribution in [0.2, 0.25) is 0 Å². The van der Waals surface area contributed by atoms with Crippen LogP contribution in [-0.2, 0) is 4.79 Å². The lowest BCUT2D eigenvalue weighted by Gasteiger charge is -2.38. The fraction of sp³-hybridized carbons (Fsp3) is 0.600. The van der Waals surface area contributed by atoms with E-state index < -0.39 is 0 Å². The SMILES string of the molecule is O=C(N1CCN(c2ccccn2)CC1)C12CCC1C2. The molecule has 2 aliphatic carbocycles. The maximum Gasteiger partial charge on any atom is 0.229 e. The molecule has 4 nitrogen and oxygen atoms in total. The third-order valence-electron chi connectivity index (χ3n) is 5.14. The van der Waals surface area contributed by atoms with E-state index in [4.69, 9.17) is 0 Å². The molecule has 2 unspecified atom stereocenters. The number of amides is 1. The van der Waals surface area contributed by atoms with E-state index in [0.717, 1.165) is 50.8 Å². The van der Waals surface area contributed by atoms with E-state index >= 15 is 0 Å². The summed E-state index contributed by atoms with van der Waals surface area (Å²) in [6, 6.07) is 5.99. The highest BCUT2D eigenvalue weighted by Crippen LogP contribution is 2.68. The number of carbonyl (C=O) groups is 1. The molecular formula is C15H19N3O. The Kier molecular flexibility index (Phi) is 2.34. The molecule has 2 heterocycles. The van der Waals surface area contributed by atoms with Crippen LogP contribution in [0.15, 0.2) is 24.4 Å². The van der Waals surface area contributed by atoms with Crippen LogP contribution in [0, 0.1) is 11.3 Å². The summed E-state index contributed by atoms with van der Waals surface area (Å²) >= 11 is 0. The highest BCUT2D eigenvalue weighted by molar-refractivity contribution is 5.87. The van der Waals surface area contributed by atoms with Crippen molar-refractivity contribution in [2.45, 2.75) is 19.3 Å². The first-order valence-corrected chi connectivity index (χ1v) is 7.25. The molecule has 0 radical (unpaired) electrons. The molecule has 0 aromatic carbocycles. The van der Waals surface area contributed by atoms with Crippen LogP contribution in [0.4, 0.5) is 5.82 Å². The predicted octanol–water partition coefficient (Wildman–Crippen LogP) is 1.53. The molecule has 100 valence electrons. The Balaban J connectivity index is 1.39. The average molecular weight is 257 g/mol. The molecule has 0 bridgehead atoms. The number of nitrogens with zero attached hydrogens (tertiary/aromatic N) is 3. The van der Waals surface area contributed by atoms with Gasteiger partial charge in [-0.1, -0.05) is 6.07 Å². The average Bonchev–Trinajstić information content (AvgIpc) is 3.01. The van der Waals surface area contributed by atoms with Crippen LogP contribution in [0.25, 0.3) is 0 Å².